The molecule has 0 radical (unpaired) electrons. The molecule has 4 aliphatic rings. The molecule has 1 aliphatic carbocycles. The highest BCUT2D eigenvalue weighted by atomic mass is 16.7. The summed E-state index contributed by atoms with van der Waals surface area (Å²) in [6.45, 7) is 2.50. The number of benzene rings is 2. The number of cyclic esters (lactones) is 1. The number of likely N-dealkylation sites (tertiary alicyclic amines) is 1. The number of phenols is 1. The third kappa shape index (κ3) is 3.95. The summed E-state index contributed by atoms with van der Waals surface area (Å²) < 4.78 is 28.1. The topological polar surface area (TPSA) is 107 Å². The van der Waals surface area contributed by atoms with Crippen LogP contribution < -0.4 is 18.9 Å². The number of rotatable bonds is 7. The number of hydrogen-bond donors (Lipinski definition) is 2. The van der Waals surface area contributed by atoms with Crippen molar-refractivity contribution < 1.29 is 38.7 Å². The Morgan fingerprint density at radius 1 is 1.03 bits per heavy atom. The largest absolute Gasteiger partial charge is 0.502 e. The van der Waals surface area contributed by atoms with Crippen molar-refractivity contribution in [2.45, 2.75) is 37.1 Å². The normalized spacial score (nSPS) is 28.1. The van der Waals surface area contributed by atoms with Gasteiger partial charge in [-0.3, -0.25) is 9.69 Å². The second-order valence-corrected chi connectivity index (χ2v) is 10.3. The minimum Gasteiger partial charge on any atom is -0.502 e. The summed E-state index contributed by atoms with van der Waals surface area (Å²) >= 11 is 0. The van der Waals surface area contributed by atoms with Crippen molar-refractivity contribution in [1.29, 1.82) is 0 Å². The van der Waals surface area contributed by atoms with Crippen LogP contribution in [0.4, 0.5) is 0 Å². The predicted molar refractivity (Wildman–Crippen MR) is 133 cm³/mol. The molecule has 198 valence electrons. The van der Waals surface area contributed by atoms with E-state index in [2.05, 4.69) is 11.0 Å². The summed E-state index contributed by atoms with van der Waals surface area (Å²) in [6, 6.07) is 7.81. The Labute approximate surface area is 215 Å². The van der Waals surface area contributed by atoms with E-state index in [0.29, 0.717) is 18.1 Å². The predicted octanol–water partition coefficient (Wildman–Crippen LogP) is 3.00. The van der Waals surface area contributed by atoms with Gasteiger partial charge in [0.25, 0.3) is 0 Å². The number of aromatic hydroxyl groups is 1. The molecule has 37 heavy (non-hydrogen) atoms. The number of esters is 1. The number of aliphatic hydroxyl groups is 1. The highest BCUT2D eigenvalue weighted by Gasteiger charge is 2.52. The van der Waals surface area contributed by atoms with Crippen LogP contribution in [-0.4, -0.2) is 74.4 Å². The molecule has 3 aliphatic heterocycles. The Balaban J connectivity index is 1.46. The lowest BCUT2D eigenvalue weighted by atomic mass is 9.62. The van der Waals surface area contributed by atoms with Gasteiger partial charge in [0.1, 0.15) is 0 Å². The van der Waals surface area contributed by atoms with Gasteiger partial charge in [0.15, 0.2) is 23.0 Å². The number of methoxy groups -OCH3 is 2. The van der Waals surface area contributed by atoms with Crippen molar-refractivity contribution >= 4 is 5.97 Å². The number of hydrogen-bond acceptors (Lipinski definition) is 9. The van der Waals surface area contributed by atoms with E-state index in [4.69, 9.17) is 23.7 Å². The minimum atomic E-state index is -0.399. The van der Waals surface area contributed by atoms with Crippen LogP contribution in [0.5, 0.6) is 28.7 Å². The molecule has 2 N–H and O–H groups in total. The van der Waals surface area contributed by atoms with Crippen molar-refractivity contribution in [3.63, 3.8) is 0 Å². The first-order chi connectivity index (χ1) is 18.0. The van der Waals surface area contributed by atoms with Gasteiger partial charge in [-0.25, -0.2) is 0 Å². The molecule has 0 bridgehead atoms. The molecular formula is C28H33NO8. The van der Waals surface area contributed by atoms with E-state index in [0.717, 1.165) is 49.0 Å². The SMILES string of the molecule is COc1cc([C@@H]2c3cc4c(cc3[C@@H](CCN3CCC[C@@H]3CO)C3COC(=O)[C@@H]32)OCO4)cc(OC)c1O. The molecule has 0 spiro atoms. The van der Waals surface area contributed by atoms with Gasteiger partial charge >= 0.3 is 5.97 Å². The molecule has 2 aromatic carbocycles. The third-order valence-electron chi connectivity index (χ3n) is 8.64. The molecule has 2 saturated heterocycles. The van der Waals surface area contributed by atoms with Gasteiger partial charge in [-0.05, 0) is 79.2 Å². The molecule has 2 fully saturated rings. The summed E-state index contributed by atoms with van der Waals surface area (Å²) in [4.78, 5) is 15.6. The highest BCUT2D eigenvalue weighted by Crippen LogP contribution is 2.57. The van der Waals surface area contributed by atoms with Crippen molar-refractivity contribution in [3.05, 3.63) is 41.0 Å². The molecule has 2 aromatic rings. The molecule has 0 saturated carbocycles. The lowest BCUT2D eigenvalue weighted by Crippen LogP contribution is -2.38. The van der Waals surface area contributed by atoms with Crippen LogP contribution in [0.25, 0.3) is 0 Å². The van der Waals surface area contributed by atoms with E-state index >= 15 is 0 Å². The van der Waals surface area contributed by atoms with Gasteiger partial charge in [-0.15, -0.1) is 0 Å². The maximum atomic E-state index is 13.3. The van der Waals surface area contributed by atoms with E-state index in [1.54, 1.807) is 12.1 Å². The Bertz CT molecular complexity index is 1170. The van der Waals surface area contributed by atoms with Gasteiger partial charge in [0.2, 0.25) is 12.5 Å². The zero-order chi connectivity index (χ0) is 25.7. The number of aliphatic hydroxyl groups excluding tert-OH is 1. The smallest absolute Gasteiger partial charge is 0.310 e. The molecule has 3 heterocycles. The number of nitrogens with zero attached hydrogens (tertiary/aromatic N) is 1. The second kappa shape index (κ2) is 9.61. The molecule has 1 unspecified atom stereocenters. The van der Waals surface area contributed by atoms with Crippen LogP contribution in [0, 0.1) is 11.8 Å². The molecule has 0 aromatic heterocycles. The van der Waals surface area contributed by atoms with Crippen molar-refractivity contribution in [3.8, 4) is 28.7 Å². The van der Waals surface area contributed by atoms with E-state index in [9.17, 15) is 15.0 Å². The number of phenolic OH excluding ortho intramolecular Hbond substituents is 1. The fourth-order valence-electron chi connectivity index (χ4n) is 6.84. The lowest BCUT2D eigenvalue weighted by molar-refractivity contribution is -0.141. The van der Waals surface area contributed by atoms with E-state index < -0.39 is 5.92 Å². The summed E-state index contributed by atoms with van der Waals surface area (Å²) in [5, 5.41) is 20.3. The van der Waals surface area contributed by atoms with Gasteiger partial charge in [-0.1, -0.05) is 0 Å². The number of carbonyl (C=O) groups excluding carboxylic acids is 1. The number of ether oxygens (including phenoxy) is 5. The van der Waals surface area contributed by atoms with Gasteiger partial charge < -0.3 is 33.9 Å². The Morgan fingerprint density at radius 2 is 1.73 bits per heavy atom. The van der Waals surface area contributed by atoms with E-state index in [1.165, 1.54) is 14.2 Å². The van der Waals surface area contributed by atoms with Crippen LogP contribution in [0.3, 0.4) is 0 Å². The Hall–Kier alpha value is -3.17. The molecule has 9 nitrogen and oxygen atoms in total. The molecular weight excluding hydrogens is 478 g/mol. The zero-order valence-electron chi connectivity index (χ0n) is 21.1. The van der Waals surface area contributed by atoms with Crippen LogP contribution in [-0.2, 0) is 9.53 Å². The summed E-state index contributed by atoms with van der Waals surface area (Å²) in [7, 11) is 2.98. The van der Waals surface area contributed by atoms with Crippen LogP contribution in [0.2, 0.25) is 0 Å². The average molecular weight is 512 g/mol. The van der Waals surface area contributed by atoms with Crippen LogP contribution >= 0.6 is 0 Å². The highest BCUT2D eigenvalue weighted by molar-refractivity contribution is 5.79. The third-order valence-corrected chi connectivity index (χ3v) is 8.64. The molecule has 6 rings (SSSR count). The minimum absolute atomic E-state index is 0.0219. The first-order valence-electron chi connectivity index (χ1n) is 12.9. The van der Waals surface area contributed by atoms with Crippen LogP contribution in [0.1, 0.15) is 47.8 Å². The summed E-state index contributed by atoms with van der Waals surface area (Å²) in [5.41, 5.74) is 2.92. The van der Waals surface area contributed by atoms with E-state index in [1.807, 2.05) is 6.07 Å². The fraction of sp³-hybridized carbons (Fsp3) is 0.536. The van der Waals surface area contributed by atoms with Gasteiger partial charge in [0, 0.05) is 17.9 Å². The van der Waals surface area contributed by atoms with Crippen molar-refractivity contribution in [1.82, 2.24) is 4.90 Å². The van der Waals surface area contributed by atoms with Gasteiger partial charge in [-0.2, -0.15) is 0 Å². The first kappa shape index (κ1) is 24.2. The van der Waals surface area contributed by atoms with Crippen molar-refractivity contribution in [2.75, 3.05) is 47.3 Å². The number of fused-ring (bicyclic) bond motifs is 3. The Morgan fingerprint density at radius 3 is 2.41 bits per heavy atom. The number of carbonyl (C=O) groups is 1. The molecule has 9 heteroatoms. The maximum absolute atomic E-state index is 13.3. The average Bonchev–Trinajstić information content (AvgIpc) is 3.66. The zero-order valence-corrected chi connectivity index (χ0v) is 21.1. The second-order valence-electron chi connectivity index (χ2n) is 10.3. The standard InChI is InChI=1S/C28H33NO8/c1-33-23-8-15(9-24(34-2)27(23)31)25-19-11-22-21(36-14-37-22)10-18(19)17(20-13-35-28(32)26(20)25)5-7-29-6-3-4-16(29)12-30/h8-11,16-17,20,25-26,30-31H,3-7,12-14H2,1-2H3/t16-,17-,20?,25-,26+/m1/s1. The van der Waals surface area contributed by atoms with E-state index in [-0.39, 0.29) is 60.4 Å². The van der Waals surface area contributed by atoms with Gasteiger partial charge in [0.05, 0.1) is 33.4 Å². The lowest BCUT2D eigenvalue weighted by Gasteiger charge is -2.40. The Kier molecular flexibility index (Phi) is 6.28. The van der Waals surface area contributed by atoms with Crippen molar-refractivity contribution in [2.24, 2.45) is 11.8 Å². The van der Waals surface area contributed by atoms with Crippen LogP contribution in [0.15, 0.2) is 24.3 Å². The monoisotopic (exact) mass is 511 g/mol. The molecule has 0 amide bonds. The quantitative estimate of drug-likeness (QED) is 0.543. The summed E-state index contributed by atoms with van der Waals surface area (Å²) in [5.74, 6) is 0.962. The summed E-state index contributed by atoms with van der Waals surface area (Å²) in [6.07, 6.45) is 2.94. The fourth-order valence-corrected chi connectivity index (χ4v) is 6.84. The maximum Gasteiger partial charge on any atom is 0.310 e. The first-order valence-corrected chi connectivity index (χ1v) is 12.9. The molecule has 5 atom stereocenters.